The van der Waals surface area contributed by atoms with Gasteiger partial charge >= 0.3 is 6.09 Å². The van der Waals surface area contributed by atoms with Crippen molar-refractivity contribution in [1.29, 1.82) is 0 Å². The number of amides is 1. The molecule has 41 heavy (non-hydrogen) atoms. The first-order valence-corrected chi connectivity index (χ1v) is 14.2. The first-order valence-electron chi connectivity index (χ1n) is 14.2. The molecule has 2 atom stereocenters. The Hall–Kier alpha value is -4.03. The van der Waals surface area contributed by atoms with Crippen LogP contribution in [0, 0.1) is 6.92 Å². The fraction of sp³-hybridized carbons (Fsp3) is 0.343. The van der Waals surface area contributed by atoms with Crippen molar-refractivity contribution in [1.82, 2.24) is 4.90 Å². The number of fused-ring (bicyclic) bond motifs is 1. The molecule has 1 N–H and O–H groups in total. The Labute approximate surface area is 242 Å². The Bertz CT molecular complexity index is 1490. The van der Waals surface area contributed by atoms with Gasteiger partial charge in [0.05, 0.1) is 19.3 Å². The van der Waals surface area contributed by atoms with E-state index >= 15 is 0 Å². The summed E-state index contributed by atoms with van der Waals surface area (Å²) in [5.74, 6) is 1.10. The third-order valence-electron chi connectivity index (χ3n) is 7.54. The van der Waals surface area contributed by atoms with Gasteiger partial charge in [0, 0.05) is 17.8 Å². The van der Waals surface area contributed by atoms with Crippen molar-refractivity contribution in [2.75, 3.05) is 13.1 Å². The van der Waals surface area contributed by atoms with E-state index in [0.29, 0.717) is 32.7 Å². The van der Waals surface area contributed by atoms with Gasteiger partial charge in [-0.3, -0.25) is 0 Å². The van der Waals surface area contributed by atoms with Gasteiger partial charge in [0.25, 0.3) is 0 Å². The topological polar surface area (TPSA) is 68.2 Å². The molecule has 0 bridgehead atoms. The van der Waals surface area contributed by atoms with E-state index < -0.39 is 5.60 Å². The van der Waals surface area contributed by atoms with Gasteiger partial charge in [-0.15, -0.1) is 0 Å². The summed E-state index contributed by atoms with van der Waals surface area (Å²) in [4.78, 5) is 14.7. The van der Waals surface area contributed by atoms with Crippen LogP contribution in [0.25, 0.3) is 10.8 Å². The van der Waals surface area contributed by atoms with Crippen LogP contribution in [0.2, 0.25) is 0 Å². The second kappa shape index (κ2) is 12.2. The van der Waals surface area contributed by atoms with Crippen LogP contribution in [0.5, 0.6) is 11.5 Å². The van der Waals surface area contributed by atoms with E-state index in [-0.39, 0.29) is 23.9 Å². The Morgan fingerprint density at radius 1 is 0.927 bits per heavy atom. The lowest BCUT2D eigenvalue weighted by Crippen LogP contribution is -2.48. The molecule has 214 valence electrons. The number of nitrogens with zero attached hydrogens (tertiary/aromatic N) is 1. The number of rotatable bonds is 7. The number of carbonyl (C=O) groups is 1. The standard InChI is InChI=1S/C35H39NO5/c1-24-28(15-10-16-31(24)37)30-17-18-36(34(38)41-35(2,3)4)21-33(30)40-23-26-19-27-13-8-9-14-29(27)32(20-26)39-22-25-11-6-5-7-12-25/h5-16,19-20,30,33,37H,17-18,21-23H2,1-4H3. The summed E-state index contributed by atoms with van der Waals surface area (Å²) in [5, 5.41) is 12.5. The minimum atomic E-state index is -0.576. The normalized spacial score (nSPS) is 17.4. The SMILES string of the molecule is Cc1c(O)cccc1C1CCN(C(=O)OC(C)(C)C)CC1OCc1cc(OCc2ccccc2)c2ccccc2c1. The van der Waals surface area contributed by atoms with E-state index in [0.717, 1.165) is 38.8 Å². The summed E-state index contributed by atoms with van der Waals surface area (Å²) >= 11 is 0. The van der Waals surface area contributed by atoms with Gasteiger partial charge in [-0.25, -0.2) is 4.79 Å². The number of hydrogen-bond donors (Lipinski definition) is 1. The number of phenols is 1. The minimum absolute atomic E-state index is 0.0232. The fourth-order valence-corrected chi connectivity index (χ4v) is 5.45. The van der Waals surface area contributed by atoms with Gasteiger partial charge in [0.2, 0.25) is 0 Å². The van der Waals surface area contributed by atoms with Gasteiger partial charge < -0.3 is 24.2 Å². The van der Waals surface area contributed by atoms with Gasteiger partial charge in [0.1, 0.15) is 23.7 Å². The second-order valence-electron chi connectivity index (χ2n) is 11.8. The van der Waals surface area contributed by atoms with Crippen molar-refractivity contribution < 1.29 is 24.1 Å². The Balaban J connectivity index is 1.39. The summed E-state index contributed by atoms with van der Waals surface area (Å²) in [5.41, 5.74) is 3.41. The van der Waals surface area contributed by atoms with Crippen LogP contribution in [0.4, 0.5) is 4.79 Å². The molecule has 0 spiro atoms. The average molecular weight is 554 g/mol. The van der Waals surface area contributed by atoms with Crippen molar-refractivity contribution in [3.63, 3.8) is 0 Å². The van der Waals surface area contributed by atoms with Crippen molar-refractivity contribution in [2.45, 2.75) is 65.0 Å². The Kier molecular flexibility index (Phi) is 8.50. The van der Waals surface area contributed by atoms with E-state index in [1.165, 1.54) is 0 Å². The van der Waals surface area contributed by atoms with Gasteiger partial charge in [-0.1, -0.05) is 66.7 Å². The molecule has 1 aliphatic rings. The molecule has 6 heteroatoms. The number of phenolic OH excluding ortho intramolecular Hbond substituents is 1. The summed E-state index contributed by atoms with van der Waals surface area (Å²) in [6, 6.07) is 28.1. The number of ether oxygens (including phenoxy) is 3. The van der Waals surface area contributed by atoms with Crippen LogP contribution in [-0.2, 0) is 22.7 Å². The van der Waals surface area contributed by atoms with Crippen molar-refractivity contribution >= 4 is 16.9 Å². The van der Waals surface area contributed by atoms with Crippen LogP contribution in [0.15, 0.2) is 84.9 Å². The largest absolute Gasteiger partial charge is 0.508 e. The molecule has 0 radical (unpaired) electrons. The maximum atomic E-state index is 13.0. The van der Waals surface area contributed by atoms with E-state index in [9.17, 15) is 9.90 Å². The molecule has 0 aliphatic carbocycles. The van der Waals surface area contributed by atoms with Crippen LogP contribution < -0.4 is 4.74 Å². The monoisotopic (exact) mass is 553 g/mol. The number of hydrogen-bond acceptors (Lipinski definition) is 5. The lowest BCUT2D eigenvalue weighted by molar-refractivity contribution is -0.0360. The summed E-state index contributed by atoms with van der Waals surface area (Å²) in [6.45, 7) is 9.34. The third kappa shape index (κ3) is 7.01. The fourth-order valence-electron chi connectivity index (χ4n) is 5.45. The molecule has 1 heterocycles. The highest BCUT2D eigenvalue weighted by Crippen LogP contribution is 2.36. The molecule has 0 aromatic heterocycles. The lowest BCUT2D eigenvalue weighted by Gasteiger charge is -2.39. The molecule has 6 nitrogen and oxygen atoms in total. The number of likely N-dealkylation sites (tertiary alicyclic amines) is 1. The molecule has 1 aliphatic heterocycles. The average Bonchev–Trinajstić information content (AvgIpc) is 2.96. The number of aromatic hydroxyl groups is 1. The number of benzene rings is 4. The summed E-state index contributed by atoms with van der Waals surface area (Å²) in [7, 11) is 0. The molecule has 5 rings (SSSR count). The minimum Gasteiger partial charge on any atom is -0.508 e. The van der Waals surface area contributed by atoms with Gasteiger partial charge in [-0.2, -0.15) is 0 Å². The number of piperidine rings is 1. The molecule has 1 amide bonds. The molecule has 0 saturated carbocycles. The molecule has 2 unspecified atom stereocenters. The van der Waals surface area contributed by atoms with Gasteiger partial charge in [-0.05, 0) is 80.0 Å². The van der Waals surface area contributed by atoms with E-state index in [1.807, 2.05) is 76.2 Å². The molecule has 1 saturated heterocycles. The maximum Gasteiger partial charge on any atom is 0.410 e. The highest BCUT2D eigenvalue weighted by molar-refractivity contribution is 5.89. The number of carbonyl (C=O) groups excluding carboxylic acids is 1. The molecule has 4 aromatic carbocycles. The van der Waals surface area contributed by atoms with Crippen LogP contribution in [0.1, 0.15) is 55.4 Å². The molecule has 4 aromatic rings. The van der Waals surface area contributed by atoms with E-state index in [1.54, 1.807) is 11.0 Å². The lowest BCUT2D eigenvalue weighted by atomic mass is 9.84. The van der Waals surface area contributed by atoms with E-state index in [4.69, 9.17) is 14.2 Å². The third-order valence-corrected chi connectivity index (χ3v) is 7.54. The van der Waals surface area contributed by atoms with Crippen LogP contribution >= 0.6 is 0 Å². The first-order chi connectivity index (χ1) is 19.7. The first kappa shape index (κ1) is 28.5. The quantitative estimate of drug-likeness (QED) is 0.254. The predicted molar refractivity (Wildman–Crippen MR) is 161 cm³/mol. The zero-order valence-electron chi connectivity index (χ0n) is 24.3. The van der Waals surface area contributed by atoms with Gasteiger partial charge in [0.15, 0.2) is 0 Å². The zero-order chi connectivity index (χ0) is 29.0. The smallest absolute Gasteiger partial charge is 0.410 e. The van der Waals surface area contributed by atoms with E-state index in [2.05, 4.69) is 30.3 Å². The Morgan fingerprint density at radius 3 is 2.46 bits per heavy atom. The summed E-state index contributed by atoms with van der Waals surface area (Å²) < 4.78 is 18.6. The predicted octanol–water partition coefficient (Wildman–Crippen LogP) is 7.74. The van der Waals surface area contributed by atoms with Crippen LogP contribution in [0.3, 0.4) is 0 Å². The van der Waals surface area contributed by atoms with Crippen molar-refractivity contribution in [3.8, 4) is 11.5 Å². The zero-order valence-corrected chi connectivity index (χ0v) is 24.3. The molecular weight excluding hydrogens is 514 g/mol. The van der Waals surface area contributed by atoms with Crippen LogP contribution in [-0.4, -0.2) is 40.9 Å². The van der Waals surface area contributed by atoms with Crippen molar-refractivity contribution in [3.05, 3.63) is 107 Å². The van der Waals surface area contributed by atoms with Crippen molar-refractivity contribution in [2.24, 2.45) is 0 Å². The molecule has 1 fully saturated rings. The Morgan fingerprint density at radius 2 is 1.68 bits per heavy atom. The highest BCUT2D eigenvalue weighted by Gasteiger charge is 2.36. The maximum absolute atomic E-state index is 13.0. The highest BCUT2D eigenvalue weighted by atomic mass is 16.6. The second-order valence-corrected chi connectivity index (χ2v) is 11.8. The molecular formula is C35H39NO5. The summed E-state index contributed by atoms with van der Waals surface area (Å²) in [6.07, 6.45) is 0.0913.